The lowest BCUT2D eigenvalue weighted by Gasteiger charge is -2.27. The van der Waals surface area contributed by atoms with E-state index in [1.54, 1.807) is 20.8 Å². The molecule has 1 amide bonds. The summed E-state index contributed by atoms with van der Waals surface area (Å²) in [6, 6.07) is -0.920. The molecule has 94 valence electrons. The van der Waals surface area contributed by atoms with Crippen LogP contribution in [0.4, 0.5) is 0 Å². The minimum absolute atomic E-state index is 0.0522. The molecule has 4 N–H and O–H groups in total. The van der Waals surface area contributed by atoms with Crippen LogP contribution in [0.2, 0.25) is 0 Å². The van der Waals surface area contributed by atoms with E-state index in [-0.39, 0.29) is 18.4 Å². The smallest absolute Gasteiger partial charge is 0.326 e. The van der Waals surface area contributed by atoms with Gasteiger partial charge in [0.2, 0.25) is 5.91 Å². The molecule has 0 aliphatic carbocycles. The highest BCUT2D eigenvalue weighted by Gasteiger charge is 2.32. The largest absolute Gasteiger partial charge is 0.480 e. The van der Waals surface area contributed by atoms with Crippen LogP contribution < -0.4 is 11.1 Å². The lowest BCUT2D eigenvalue weighted by molar-refractivity contribution is -0.144. The predicted molar refractivity (Wildman–Crippen MR) is 61.9 cm³/mol. The molecule has 0 saturated carbocycles. The minimum atomic E-state index is -1.01. The second-order valence-corrected chi connectivity index (χ2v) is 5.22. The van der Waals surface area contributed by atoms with Crippen molar-refractivity contribution >= 4 is 11.9 Å². The summed E-state index contributed by atoms with van der Waals surface area (Å²) in [4.78, 5) is 22.5. The third-order valence-electron chi connectivity index (χ3n) is 2.25. The molecule has 0 aliphatic heterocycles. The summed E-state index contributed by atoms with van der Waals surface area (Å²) in [6.45, 7) is 7.14. The summed E-state index contributed by atoms with van der Waals surface area (Å²) in [7, 11) is 0. The van der Waals surface area contributed by atoms with E-state index in [4.69, 9.17) is 10.8 Å². The number of carbonyl (C=O) groups excluding carboxylic acids is 1. The first kappa shape index (κ1) is 14.9. The van der Waals surface area contributed by atoms with Crippen molar-refractivity contribution in [3.63, 3.8) is 0 Å². The number of carboxylic acids is 1. The highest BCUT2D eigenvalue weighted by Crippen LogP contribution is 2.19. The second-order valence-electron chi connectivity index (χ2n) is 5.22. The molecule has 16 heavy (non-hydrogen) atoms. The zero-order valence-corrected chi connectivity index (χ0v) is 10.4. The van der Waals surface area contributed by atoms with Crippen molar-refractivity contribution in [3.8, 4) is 0 Å². The van der Waals surface area contributed by atoms with Gasteiger partial charge in [-0.05, 0) is 18.8 Å². The molecule has 0 rings (SSSR count). The van der Waals surface area contributed by atoms with Gasteiger partial charge < -0.3 is 16.2 Å². The lowest BCUT2D eigenvalue weighted by atomic mass is 9.86. The molecule has 1 unspecified atom stereocenters. The second kappa shape index (κ2) is 5.84. The Hall–Kier alpha value is -1.10. The van der Waals surface area contributed by atoms with Crippen LogP contribution in [0, 0.1) is 5.41 Å². The van der Waals surface area contributed by atoms with Crippen molar-refractivity contribution in [2.45, 2.75) is 52.6 Å². The number of nitrogens with two attached hydrogens (primary N) is 1. The topological polar surface area (TPSA) is 92.4 Å². The molecule has 0 fully saturated rings. The maximum atomic E-state index is 11.5. The van der Waals surface area contributed by atoms with Gasteiger partial charge in [-0.2, -0.15) is 0 Å². The number of carboxylic acid groups (broad SMARTS) is 1. The van der Waals surface area contributed by atoms with Crippen LogP contribution in [0.25, 0.3) is 0 Å². The molecule has 0 heterocycles. The van der Waals surface area contributed by atoms with E-state index in [1.807, 2.05) is 6.92 Å². The Morgan fingerprint density at radius 1 is 1.38 bits per heavy atom. The third kappa shape index (κ3) is 5.70. The molecule has 2 atom stereocenters. The average Bonchev–Trinajstić information content (AvgIpc) is 2.08. The number of hydrogen-bond donors (Lipinski definition) is 3. The Labute approximate surface area is 96.4 Å². The van der Waals surface area contributed by atoms with Gasteiger partial charge in [-0.15, -0.1) is 0 Å². The van der Waals surface area contributed by atoms with Gasteiger partial charge >= 0.3 is 5.97 Å². The first-order valence-corrected chi connectivity index (χ1v) is 5.42. The maximum absolute atomic E-state index is 11.5. The van der Waals surface area contributed by atoms with Crippen LogP contribution in [0.1, 0.15) is 40.5 Å². The molecular weight excluding hydrogens is 208 g/mol. The van der Waals surface area contributed by atoms with Crippen molar-refractivity contribution in [2.24, 2.45) is 11.1 Å². The molecular formula is C11H22N2O3. The molecule has 0 aromatic carbocycles. The zero-order valence-electron chi connectivity index (χ0n) is 10.4. The van der Waals surface area contributed by atoms with E-state index in [0.29, 0.717) is 6.42 Å². The number of hydrogen-bond acceptors (Lipinski definition) is 3. The Morgan fingerprint density at radius 2 is 1.88 bits per heavy atom. The fraction of sp³-hybridized carbons (Fsp3) is 0.818. The zero-order chi connectivity index (χ0) is 12.9. The fourth-order valence-electron chi connectivity index (χ4n) is 1.24. The third-order valence-corrected chi connectivity index (χ3v) is 2.25. The highest BCUT2D eigenvalue weighted by molar-refractivity contribution is 5.84. The summed E-state index contributed by atoms with van der Waals surface area (Å²) in [5, 5.41) is 11.5. The number of rotatable bonds is 5. The maximum Gasteiger partial charge on any atom is 0.326 e. The molecule has 0 aromatic rings. The average molecular weight is 230 g/mol. The first-order chi connectivity index (χ1) is 7.14. The van der Waals surface area contributed by atoms with Crippen LogP contribution in [0.3, 0.4) is 0 Å². The van der Waals surface area contributed by atoms with Crippen LogP contribution in [0.5, 0.6) is 0 Å². The van der Waals surface area contributed by atoms with Crippen LogP contribution >= 0.6 is 0 Å². The predicted octanol–water partition coefficient (Wildman–Crippen LogP) is 0.729. The van der Waals surface area contributed by atoms with Gasteiger partial charge in [-0.1, -0.05) is 20.8 Å². The normalized spacial score (nSPS) is 15.3. The summed E-state index contributed by atoms with van der Waals surface area (Å²) in [5.74, 6) is -1.28. The summed E-state index contributed by atoms with van der Waals surface area (Å²) in [5.41, 5.74) is 5.02. The van der Waals surface area contributed by atoms with Crippen LogP contribution in [-0.4, -0.2) is 29.1 Å². The standard InChI is InChI=1S/C11H22N2O3/c1-7(12)5-6-8(14)13-9(10(15)16)11(2,3)4/h7,9H,5-6,12H2,1-4H3,(H,13,14)(H,15,16)/t7?,9-/m0/s1. The van der Waals surface area contributed by atoms with Gasteiger partial charge in [0.05, 0.1) is 0 Å². The van der Waals surface area contributed by atoms with Crippen molar-refractivity contribution in [2.75, 3.05) is 0 Å². The first-order valence-electron chi connectivity index (χ1n) is 5.42. The number of amides is 1. The fourth-order valence-corrected chi connectivity index (χ4v) is 1.24. The molecule has 0 bridgehead atoms. The van der Waals surface area contributed by atoms with Gasteiger partial charge in [-0.3, -0.25) is 4.79 Å². The summed E-state index contributed by atoms with van der Waals surface area (Å²) in [6.07, 6.45) is 0.819. The van der Waals surface area contributed by atoms with Gasteiger partial charge in [0.15, 0.2) is 0 Å². The Kier molecular flexibility index (Phi) is 5.44. The highest BCUT2D eigenvalue weighted by atomic mass is 16.4. The molecule has 0 radical (unpaired) electrons. The monoisotopic (exact) mass is 230 g/mol. The van der Waals surface area contributed by atoms with E-state index in [2.05, 4.69) is 5.32 Å². The number of aliphatic carboxylic acids is 1. The van der Waals surface area contributed by atoms with Gasteiger partial charge in [-0.25, -0.2) is 4.79 Å². The van der Waals surface area contributed by atoms with Crippen molar-refractivity contribution in [3.05, 3.63) is 0 Å². The molecule has 0 aromatic heterocycles. The SMILES string of the molecule is CC(N)CCC(=O)N[C@@H](C(=O)O)C(C)(C)C. The van der Waals surface area contributed by atoms with Crippen molar-refractivity contribution in [1.82, 2.24) is 5.32 Å². The molecule has 0 spiro atoms. The molecule has 5 nitrogen and oxygen atoms in total. The van der Waals surface area contributed by atoms with Gasteiger partial charge in [0, 0.05) is 12.5 Å². The quantitative estimate of drug-likeness (QED) is 0.649. The lowest BCUT2D eigenvalue weighted by Crippen LogP contribution is -2.49. The van der Waals surface area contributed by atoms with Crippen LogP contribution in [-0.2, 0) is 9.59 Å². The van der Waals surface area contributed by atoms with E-state index in [9.17, 15) is 9.59 Å². The van der Waals surface area contributed by atoms with E-state index in [0.717, 1.165) is 0 Å². The number of nitrogens with one attached hydrogen (secondary N) is 1. The van der Waals surface area contributed by atoms with Crippen molar-refractivity contribution < 1.29 is 14.7 Å². The summed E-state index contributed by atoms with van der Waals surface area (Å²) < 4.78 is 0. The Morgan fingerprint density at radius 3 is 2.19 bits per heavy atom. The van der Waals surface area contributed by atoms with E-state index < -0.39 is 17.4 Å². The molecule has 0 saturated heterocycles. The molecule has 5 heteroatoms. The Balaban J connectivity index is 4.32. The van der Waals surface area contributed by atoms with Crippen LogP contribution in [0.15, 0.2) is 0 Å². The van der Waals surface area contributed by atoms with Gasteiger partial charge in [0.1, 0.15) is 6.04 Å². The van der Waals surface area contributed by atoms with E-state index >= 15 is 0 Å². The Bertz CT molecular complexity index is 256. The van der Waals surface area contributed by atoms with Crippen molar-refractivity contribution in [1.29, 1.82) is 0 Å². The molecule has 0 aliphatic rings. The summed E-state index contributed by atoms with van der Waals surface area (Å²) >= 11 is 0. The number of carbonyl (C=O) groups is 2. The van der Waals surface area contributed by atoms with E-state index in [1.165, 1.54) is 0 Å². The van der Waals surface area contributed by atoms with Gasteiger partial charge in [0.25, 0.3) is 0 Å². The minimum Gasteiger partial charge on any atom is -0.480 e.